The average molecular weight is 344 g/mol. The van der Waals surface area contributed by atoms with Gasteiger partial charge in [-0.15, -0.1) is 11.3 Å². The molecule has 0 unspecified atom stereocenters. The van der Waals surface area contributed by atoms with Crippen molar-refractivity contribution in [2.24, 2.45) is 0 Å². The van der Waals surface area contributed by atoms with Crippen molar-refractivity contribution in [3.63, 3.8) is 0 Å². The maximum atomic E-state index is 9.13. The number of rotatable bonds is 3. The Labute approximate surface area is 129 Å². The molecule has 0 bridgehead atoms. The first kappa shape index (κ1) is 13.1. The first-order valence-corrected chi connectivity index (χ1v) is 7.65. The Bertz CT molecular complexity index is 771. The lowest BCUT2D eigenvalue weighted by atomic mass is 10.2. The molecule has 1 aromatic heterocycles. The molecule has 98 valence electrons. The Hall–Kier alpha value is -1.90. The summed E-state index contributed by atoms with van der Waals surface area (Å²) in [5.41, 5.74) is 2.47. The molecular formula is C15H10BrN3S. The largest absolute Gasteiger partial charge is 0.377 e. The average Bonchev–Trinajstić information content (AvgIpc) is 2.88. The monoisotopic (exact) mass is 343 g/mol. The van der Waals surface area contributed by atoms with E-state index in [-0.39, 0.29) is 0 Å². The van der Waals surface area contributed by atoms with Crippen LogP contribution in [-0.2, 0) is 6.54 Å². The molecule has 20 heavy (non-hydrogen) atoms. The molecule has 3 aromatic rings. The summed E-state index contributed by atoms with van der Waals surface area (Å²) in [5, 5.41) is 13.4. The Morgan fingerprint density at radius 1 is 1.25 bits per heavy atom. The first-order valence-electron chi connectivity index (χ1n) is 6.04. The van der Waals surface area contributed by atoms with Gasteiger partial charge in [0.2, 0.25) is 0 Å². The molecule has 0 aliphatic rings. The van der Waals surface area contributed by atoms with E-state index in [1.165, 1.54) is 4.70 Å². The van der Waals surface area contributed by atoms with Gasteiger partial charge in [-0.25, -0.2) is 4.98 Å². The van der Waals surface area contributed by atoms with E-state index in [1.807, 2.05) is 30.3 Å². The number of anilines is 1. The molecule has 5 heteroatoms. The van der Waals surface area contributed by atoms with Crippen molar-refractivity contribution in [2.75, 3.05) is 5.32 Å². The summed E-state index contributed by atoms with van der Waals surface area (Å²) in [7, 11) is 0. The minimum Gasteiger partial charge on any atom is -0.377 e. The fraction of sp³-hybridized carbons (Fsp3) is 0.0667. The molecule has 0 fully saturated rings. The van der Waals surface area contributed by atoms with E-state index in [0.29, 0.717) is 12.1 Å². The van der Waals surface area contributed by atoms with Crippen molar-refractivity contribution in [1.29, 1.82) is 5.26 Å². The Kier molecular flexibility index (Phi) is 3.68. The minimum atomic E-state index is 0.621. The van der Waals surface area contributed by atoms with E-state index < -0.39 is 0 Å². The van der Waals surface area contributed by atoms with E-state index in [0.717, 1.165) is 20.7 Å². The van der Waals surface area contributed by atoms with Gasteiger partial charge in [-0.2, -0.15) is 5.26 Å². The highest BCUT2D eigenvalue weighted by atomic mass is 79.9. The van der Waals surface area contributed by atoms with Gasteiger partial charge in [-0.1, -0.05) is 28.1 Å². The van der Waals surface area contributed by atoms with Crippen LogP contribution in [-0.4, -0.2) is 4.98 Å². The number of hydrogen-bond acceptors (Lipinski definition) is 4. The van der Waals surface area contributed by atoms with Gasteiger partial charge in [0.1, 0.15) is 11.1 Å². The molecule has 1 N–H and O–H groups in total. The van der Waals surface area contributed by atoms with Crippen LogP contribution in [0.25, 0.3) is 10.2 Å². The van der Waals surface area contributed by atoms with Crippen LogP contribution in [0.3, 0.4) is 0 Å². The summed E-state index contributed by atoms with van der Waals surface area (Å²) >= 11 is 5.03. The van der Waals surface area contributed by atoms with Crippen LogP contribution >= 0.6 is 27.3 Å². The van der Waals surface area contributed by atoms with Crippen molar-refractivity contribution >= 4 is 43.2 Å². The van der Waals surface area contributed by atoms with Gasteiger partial charge >= 0.3 is 0 Å². The quantitative estimate of drug-likeness (QED) is 0.759. The topological polar surface area (TPSA) is 48.7 Å². The number of nitrogens with zero attached hydrogens (tertiary/aromatic N) is 2. The van der Waals surface area contributed by atoms with Gasteiger partial charge in [-0.05, 0) is 30.3 Å². The smallest absolute Gasteiger partial charge is 0.113 e. The second-order valence-corrected chi connectivity index (χ2v) is 6.26. The second-order valence-electron chi connectivity index (χ2n) is 4.23. The Morgan fingerprint density at radius 3 is 2.90 bits per heavy atom. The molecule has 0 spiro atoms. The van der Waals surface area contributed by atoms with Crippen molar-refractivity contribution in [1.82, 2.24) is 4.98 Å². The summed E-state index contributed by atoms with van der Waals surface area (Å²) in [6, 6.07) is 15.9. The molecule has 3 nitrogen and oxygen atoms in total. The van der Waals surface area contributed by atoms with Crippen molar-refractivity contribution in [2.45, 2.75) is 6.54 Å². The fourth-order valence-electron chi connectivity index (χ4n) is 1.93. The molecule has 0 atom stereocenters. The third-order valence-corrected chi connectivity index (χ3v) is 4.40. The molecule has 3 rings (SSSR count). The number of thiazole rings is 1. The van der Waals surface area contributed by atoms with E-state index in [1.54, 1.807) is 17.4 Å². The van der Waals surface area contributed by atoms with Crippen LogP contribution in [0.15, 0.2) is 46.9 Å². The van der Waals surface area contributed by atoms with E-state index in [2.05, 4.69) is 38.4 Å². The summed E-state index contributed by atoms with van der Waals surface area (Å²) in [4.78, 5) is 4.56. The summed E-state index contributed by atoms with van der Waals surface area (Å²) < 4.78 is 2.08. The zero-order valence-electron chi connectivity index (χ0n) is 10.4. The van der Waals surface area contributed by atoms with Gasteiger partial charge in [0.15, 0.2) is 0 Å². The predicted molar refractivity (Wildman–Crippen MR) is 85.8 cm³/mol. The van der Waals surface area contributed by atoms with Crippen LogP contribution in [0.2, 0.25) is 0 Å². The van der Waals surface area contributed by atoms with Gasteiger partial charge in [0, 0.05) is 4.47 Å². The lowest BCUT2D eigenvalue weighted by Crippen LogP contribution is -2.00. The van der Waals surface area contributed by atoms with E-state index >= 15 is 0 Å². The molecule has 1 heterocycles. The number of benzene rings is 2. The van der Waals surface area contributed by atoms with Crippen LogP contribution in [0.5, 0.6) is 0 Å². The van der Waals surface area contributed by atoms with Crippen LogP contribution < -0.4 is 5.32 Å². The number of hydrogen-bond donors (Lipinski definition) is 1. The number of nitrogens with one attached hydrogen (secondary N) is 1. The SMILES string of the molecule is N#Cc1cc(Br)ccc1NCc1nc2ccccc2s1. The Balaban J connectivity index is 1.81. The zero-order valence-corrected chi connectivity index (χ0v) is 12.8. The second kappa shape index (κ2) is 5.61. The molecule has 0 aliphatic carbocycles. The van der Waals surface area contributed by atoms with Crippen molar-refractivity contribution in [3.05, 3.63) is 57.5 Å². The van der Waals surface area contributed by atoms with Crippen LogP contribution in [0, 0.1) is 11.3 Å². The molecule has 2 aromatic carbocycles. The normalized spacial score (nSPS) is 10.4. The highest BCUT2D eigenvalue weighted by Crippen LogP contribution is 2.24. The first-order chi connectivity index (χ1) is 9.76. The summed E-state index contributed by atoms with van der Waals surface area (Å²) in [5.74, 6) is 0. The number of fused-ring (bicyclic) bond motifs is 1. The minimum absolute atomic E-state index is 0.621. The lowest BCUT2D eigenvalue weighted by Gasteiger charge is -2.06. The van der Waals surface area contributed by atoms with E-state index in [4.69, 9.17) is 5.26 Å². The molecule has 0 saturated heterocycles. The third-order valence-electron chi connectivity index (χ3n) is 2.87. The Morgan fingerprint density at radius 2 is 2.10 bits per heavy atom. The summed E-state index contributed by atoms with van der Waals surface area (Å²) in [6.45, 7) is 0.621. The van der Waals surface area contributed by atoms with Gasteiger partial charge in [0.25, 0.3) is 0 Å². The van der Waals surface area contributed by atoms with Gasteiger partial charge in [0.05, 0.1) is 28.0 Å². The van der Waals surface area contributed by atoms with Crippen molar-refractivity contribution < 1.29 is 0 Å². The highest BCUT2D eigenvalue weighted by Gasteiger charge is 2.05. The highest BCUT2D eigenvalue weighted by molar-refractivity contribution is 9.10. The lowest BCUT2D eigenvalue weighted by molar-refractivity contribution is 1.11. The number of halogens is 1. The number of para-hydroxylation sites is 1. The number of nitriles is 1. The van der Waals surface area contributed by atoms with Gasteiger partial charge in [-0.3, -0.25) is 0 Å². The molecule has 0 radical (unpaired) electrons. The zero-order chi connectivity index (χ0) is 13.9. The fourth-order valence-corrected chi connectivity index (χ4v) is 3.20. The molecule has 0 amide bonds. The van der Waals surface area contributed by atoms with Crippen LogP contribution in [0.1, 0.15) is 10.6 Å². The summed E-state index contributed by atoms with van der Waals surface area (Å²) in [6.07, 6.45) is 0. The number of aromatic nitrogens is 1. The standard InChI is InChI=1S/C15H10BrN3S/c16-11-5-6-12(10(7-11)8-17)18-9-15-19-13-3-1-2-4-14(13)20-15/h1-7,18H,9H2. The maximum absolute atomic E-state index is 9.13. The molecular weight excluding hydrogens is 334 g/mol. The molecule has 0 saturated carbocycles. The van der Waals surface area contributed by atoms with E-state index in [9.17, 15) is 0 Å². The third kappa shape index (κ3) is 2.67. The predicted octanol–water partition coefficient (Wildman–Crippen LogP) is 4.54. The van der Waals surface area contributed by atoms with Gasteiger partial charge < -0.3 is 5.32 Å². The van der Waals surface area contributed by atoms with Crippen molar-refractivity contribution in [3.8, 4) is 6.07 Å². The van der Waals surface area contributed by atoms with Crippen LogP contribution in [0.4, 0.5) is 5.69 Å². The maximum Gasteiger partial charge on any atom is 0.113 e. The molecule has 0 aliphatic heterocycles.